The van der Waals surface area contributed by atoms with Gasteiger partial charge in [0, 0.05) is 4.90 Å². The zero-order valence-corrected chi connectivity index (χ0v) is 15.7. The number of thioether (sulfide) groups is 1. The van der Waals surface area contributed by atoms with Crippen LogP contribution in [0.15, 0.2) is 47.4 Å². The molecule has 5 heteroatoms. The van der Waals surface area contributed by atoms with E-state index in [1.807, 2.05) is 31.2 Å². The van der Waals surface area contributed by atoms with E-state index in [0.717, 1.165) is 17.9 Å². The van der Waals surface area contributed by atoms with Crippen LogP contribution in [0, 0.1) is 0 Å². The highest BCUT2D eigenvalue weighted by Crippen LogP contribution is 2.31. The summed E-state index contributed by atoms with van der Waals surface area (Å²) < 4.78 is 11.6. The molecule has 0 saturated heterocycles. The van der Waals surface area contributed by atoms with E-state index in [2.05, 4.69) is 23.5 Å². The Hall–Kier alpha value is -2.14. The Morgan fingerprint density at radius 2 is 2.00 bits per heavy atom. The molecular weight excluding hydrogens is 346 g/mol. The predicted octanol–water partition coefficient (Wildman–Crippen LogP) is 3.61. The first kappa shape index (κ1) is 17.3. The molecule has 4 nitrogen and oxygen atoms in total. The number of benzene rings is 2. The first-order valence-electron chi connectivity index (χ1n) is 9.14. The molecule has 2 aromatic rings. The van der Waals surface area contributed by atoms with Crippen molar-refractivity contribution in [2.75, 3.05) is 13.2 Å². The standard InChI is InChI=1S/C21H23NO3S/c1-14(26-18-10-9-15-5-4-6-16(15)11-18)21(23)22-12-17-13-24-19-7-2-3-8-20(19)25-17/h2-3,7-11,14,17H,4-6,12-13H2,1H3,(H,22,23). The second-order valence-corrected chi connectivity index (χ2v) is 8.20. The Labute approximate surface area is 158 Å². The Bertz CT molecular complexity index is 808. The number of rotatable bonds is 5. The minimum atomic E-state index is -0.161. The van der Waals surface area contributed by atoms with Crippen molar-refractivity contribution in [3.8, 4) is 11.5 Å². The van der Waals surface area contributed by atoms with Crippen LogP contribution in [0.1, 0.15) is 24.5 Å². The van der Waals surface area contributed by atoms with Crippen LogP contribution in [-0.2, 0) is 17.6 Å². The van der Waals surface area contributed by atoms with Crippen molar-refractivity contribution in [2.45, 2.75) is 42.4 Å². The van der Waals surface area contributed by atoms with Gasteiger partial charge in [-0.1, -0.05) is 18.2 Å². The summed E-state index contributed by atoms with van der Waals surface area (Å²) in [5.74, 6) is 1.52. The van der Waals surface area contributed by atoms with Gasteiger partial charge in [0.15, 0.2) is 11.5 Å². The molecule has 2 aromatic carbocycles. The molecule has 0 spiro atoms. The summed E-state index contributed by atoms with van der Waals surface area (Å²) >= 11 is 1.61. The molecule has 0 aromatic heterocycles. The van der Waals surface area contributed by atoms with Gasteiger partial charge in [0.05, 0.1) is 11.8 Å². The van der Waals surface area contributed by atoms with E-state index in [4.69, 9.17) is 9.47 Å². The molecule has 4 rings (SSSR count). The maximum Gasteiger partial charge on any atom is 0.233 e. The minimum absolute atomic E-state index is 0.0259. The summed E-state index contributed by atoms with van der Waals surface area (Å²) in [4.78, 5) is 13.6. The van der Waals surface area contributed by atoms with Crippen molar-refractivity contribution in [3.63, 3.8) is 0 Å². The van der Waals surface area contributed by atoms with E-state index in [0.29, 0.717) is 13.2 Å². The minimum Gasteiger partial charge on any atom is -0.486 e. The fourth-order valence-corrected chi connectivity index (χ4v) is 4.36. The third-order valence-corrected chi connectivity index (χ3v) is 5.92. The summed E-state index contributed by atoms with van der Waals surface area (Å²) in [5.41, 5.74) is 2.90. The summed E-state index contributed by atoms with van der Waals surface area (Å²) in [6.45, 7) is 2.84. The highest BCUT2D eigenvalue weighted by atomic mass is 32.2. The molecule has 2 unspecified atom stereocenters. The van der Waals surface area contributed by atoms with Crippen LogP contribution in [0.2, 0.25) is 0 Å². The normalized spacial score (nSPS) is 18.9. The molecule has 2 aliphatic rings. The zero-order chi connectivity index (χ0) is 17.9. The van der Waals surface area contributed by atoms with Crippen molar-refractivity contribution in [2.24, 2.45) is 0 Å². The van der Waals surface area contributed by atoms with Crippen LogP contribution < -0.4 is 14.8 Å². The number of ether oxygens (including phenoxy) is 2. The topological polar surface area (TPSA) is 47.6 Å². The predicted molar refractivity (Wildman–Crippen MR) is 103 cm³/mol. The first-order chi connectivity index (χ1) is 12.7. The summed E-state index contributed by atoms with van der Waals surface area (Å²) in [6, 6.07) is 14.2. The second-order valence-electron chi connectivity index (χ2n) is 6.79. The number of hydrogen-bond acceptors (Lipinski definition) is 4. The van der Waals surface area contributed by atoms with Gasteiger partial charge in [-0.2, -0.15) is 0 Å². The number of nitrogens with one attached hydrogen (secondary N) is 1. The van der Waals surface area contributed by atoms with Crippen molar-refractivity contribution >= 4 is 17.7 Å². The van der Waals surface area contributed by atoms with E-state index in [1.165, 1.54) is 28.9 Å². The molecule has 26 heavy (non-hydrogen) atoms. The Kier molecular flexibility index (Phi) is 5.07. The van der Waals surface area contributed by atoms with E-state index in [1.54, 1.807) is 11.8 Å². The second kappa shape index (κ2) is 7.62. The van der Waals surface area contributed by atoms with Gasteiger partial charge in [0.2, 0.25) is 5.91 Å². The third kappa shape index (κ3) is 3.83. The number of carbonyl (C=O) groups excluding carboxylic acids is 1. The molecule has 1 amide bonds. The molecular formula is C21H23NO3S. The van der Waals surface area contributed by atoms with E-state index in [9.17, 15) is 4.79 Å². The average Bonchev–Trinajstić information content (AvgIpc) is 3.13. The summed E-state index contributed by atoms with van der Waals surface area (Å²) in [7, 11) is 0. The maximum absolute atomic E-state index is 12.4. The van der Waals surface area contributed by atoms with E-state index in [-0.39, 0.29) is 17.3 Å². The number of aryl methyl sites for hydroxylation is 2. The molecule has 0 bridgehead atoms. The van der Waals surface area contributed by atoms with E-state index < -0.39 is 0 Å². The number of carbonyl (C=O) groups is 1. The third-order valence-electron chi connectivity index (χ3n) is 4.82. The highest BCUT2D eigenvalue weighted by Gasteiger charge is 2.23. The van der Waals surface area contributed by atoms with Gasteiger partial charge in [0.1, 0.15) is 12.7 Å². The summed E-state index contributed by atoms with van der Waals surface area (Å²) in [5, 5.41) is 2.84. The SMILES string of the molecule is CC(Sc1ccc2c(c1)CCC2)C(=O)NCC1COc2ccccc2O1. The molecule has 1 heterocycles. The van der Waals surface area contributed by atoms with Gasteiger partial charge in [-0.05, 0) is 61.6 Å². The molecule has 0 saturated carbocycles. The number of amides is 1. The zero-order valence-electron chi connectivity index (χ0n) is 14.9. The largest absolute Gasteiger partial charge is 0.486 e. The molecule has 2 atom stereocenters. The Balaban J connectivity index is 1.28. The van der Waals surface area contributed by atoms with Crippen LogP contribution in [0.3, 0.4) is 0 Å². The fraction of sp³-hybridized carbons (Fsp3) is 0.381. The quantitative estimate of drug-likeness (QED) is 0.818. The number of hydrogen-bond donors (Lipinski definition) is 1. The highest BCUT2D eigenvalue weighted by molar-refractivity contribution is 8.00. The molecule has 0 fully saturated rings. The fourth-order valence-electron chi connectivity index (χ4n) is 3.40. The lowest BCUT2D eigenvalue weighted by Gasteiger charge is -2.26. The van der Waals surface area contributed by atoms with Crippen molar-refractivity contribution < 1.29 is 14.3 Å². The van der Waals surface area contributed by atoms with Crippen LogP contribution >= 0.6 is 11.8 Å². The van der Waals surface area contributed by atoms with Gasteiger partial charge < -0.3 is 14.8 Å². The van der Waals surface area contributed by atoms with Crippen molar-refractivity contribution in [3.05, 3.63) is 53.6 Å². The lowest BCUT2D eigenvalue weighted by molar-refractivity contribution is -0.120. The Morgan fingerprint density at radius 3 is 2.88 bits per heavy atom. The molecule has 1 aliphatic heterocycles. The van der Waals surface area contributed by atoms with Crippen LogP contribution in [0.25, 0.3) is 0 Å². The van der Waals surface area contributed by atoms with Gasteiger partial charge in [-0.25, -0.2) is 0 Å². The van der Waals surface area contributed by atoms with Gasteiger partial charge in [0.25, 0.3) is 0 Å². The monoisotopic (exact) mass is 369 g/mol. The number of fused-ring (bicyclic) bond motifs is 2. The Morgan fingerprint density at radius 1 is 1.19 bits per heavy atom. The van der Waals surface area contributed by atoms with Crippen molar-refractivity contribution in [1.82, 2.24) is 5.32 Å². The lowest BCUT2D eigenvalue weighted by atomic mass is 10.1. The number of para-hydroxylation sites is 2. The van der Waals surface area contributed by atoms with Crippen LogP contribution in [-0.4, -0.2) is 30.4 Å². The molecule has 1 aliphatic carbocycles. The van der Waals surface area contributed by atoms with Crippen molar-refractivity contribution in [1.29, 1.82) is 0 Å². The maximum atomic E-state index is 12.4. The van der Waals surface area contributed by atoms with Gasteiger partial charge in [-0.15, -0.1) is 11.8 Å². The molecule has 1 N–H and O–H groups in total. The molecule has 136 valence electrons. The van der Waals surface area contributed by atoms with Crippen LogP contribution in [0.4, 0.5) is 0 Å². The molecule has 0 radical (unpaired) electrons. The first-order valence-corrected chi connectivity index (χ1v) is 10.0. The van der Waals surface area contributed by atoms with Crippen LogP contribution in [0.5, 0.6) is 11.5 Å². The van der Waals surface area contributed by atoms with Gasteiger partial charge >= 0.3 is 0 Å². The summed E-state index contributed by atoms with van der Waals surface area (Å²) in [6.07, 6.45) is 3.42. The average molecular weight is 369 g/mol. The smallest absolute Gasteiger partial charge is 0.233 e. The van der Waals surface area contributed by atoms with Gasteiger partial charge in [-0.3, -0.25) is 4.79 Å². The lowest BCUT2D eigenvalue weighted by Crippen LogP contribution is -2.42. The van der Waals surface area contributed by atoms with E-state index >= 15 is 0 Å².